The molecule has 0 radical (unpaired) electrons. The van der Waals surface area contributed by atoms with Crippen LogP contribution in [0, 0.1) is 17.0 Å². The summed E-state index contributed by atoms with van der Waals surface area (Å²) in [4.78, 5) is 13.9. The van der Waals surface area contributed by atoms with E-state index in [1.807, 2.05) is 30.3 Å². The number of rotatable bonds is 6. The van der Waals surface area contributed by atoms with Crippen LogP contribution in [0.4, 0.5) is 8.78 Å². The number of aliphatic carboxylic acids is 1. The van der Waals surface area contributed by atoms with Crippen LogP contribution in [-0.2, 0) is 17.8 Å². The van der Waals surface area contributed by atoms with E-state index in [1.165, 1.54) is 13.2 Å². The summed E-state index contributed by atoms with van der Waals surface area (Å²) in [6, 6.07) is 11.4. The molecule has 0 aromatic heterocycles. The molecule has 3 rings (SSSR count). The van der Waals surface area contributed by atoms with Gasteiger partial charge in [-0.3, -0.25) is 9.69 Å². The molecule has 0 spiro atoms. The molecule has 0 saturated carbocycles. The molecule has 2 atom stereocenters. The molecule has 28 heavy (non-hydrogen) atoms. The molecular formula is C21H23F2NO4. The summed E-state index contributed by atoms with van der Waals surface area (Å²) in [5, 5.41) is 20.5. The lowest BCUT2D eigenvalue weighted by Crippen LogP contribution is -2.56. The van der Waals surface area contributed by atoms with Crippen molar-refractivity contribution in [3.05, 3.63) is 65.2 Å². The minimum absolute atomic E-state index is 0.0106. The summed E-state index contributed by atoms with van der Waals surface area (Å²) in [6.07, 6.45) is -0.678. The summed E-state index contributed by atoms with van der Waals surface area (Å²) in [6.45, 7) is 0.366. The fourth-order valence-electron chi connectivity index (χ4n) is 3.86. The molecule has 1 aliphatic rings. The van der Waals surface area contributed by atoms with E-state index in [2.05, 4.69) is 0 Å². The Morgan fingerprint density at radius 3 is 2.61 bits per heavy atom. The number of carboxylic acids is 1. The van der Waals surface area contributed by atoms with Crippen molar-refractivity contribution < 1.29 is 28.5 Å². The van der Waals surface area contributed by atoms with Gasteiger partial charge in [-0.05, 0) is 30.5 Å². The fraction of sp³-hybridized carbons (Fsp3) is 0.381. The SMILES string of the molecule is COc1ccc(F)c(F)c1CN1CC[C@H](O)[C@@](Cc2ccccc2)(C(=O)O)C1. The minimum atomic E-state index is -1.43. The molecule has 0 amide bonds. The van der Waals surface area contributed by atoms with E-state index in [4.69, 9.17) is 4.74 Å². The standard InChI is InChI=1S/C21H23F2NO4/c1-28-17-8-7-16(22)19(23)15(17)12-24-10-9-18(25)21(13-24,20(26)27)11-14-5-3-2-4-6-14/h2-8,18,25H,9-13H2,1H3,(H,26,27)/t18-,21-/m0/s1. The Morgan fingerprint density at radius 2 is 1.96 bits per heavy atom. The summed E-state index contributed by atoms with van der Waals surface area (Å²) < 4.78 is 33.2. The van der Waals surface area contributed by atoms with Gasteiger partial charge in [-0.2, -0.15) is 0 Å². The van der Waals surface area contributed by atoms with Crippen molar-refractivity contribution in [2.45, 2.75) is 25.5 Å². The Hall–Kier alpha value is -2.51. The summed E-state index contributed by atoms with van der Waals surface area (Å²) in [5.41, 5.74) is -0.602. The summed E-state index contributed by atoms with van der Waals surface area (Å²) in [5.74, 6) is -2.90. The van der Waals surface area contributed by atoms with Gasteiger partial charge in [0.1, 0.15) is 11.2 Å². The van der Waals surface area contributed by atoms with Crippen LogP contribution in [0.25, 0.3) is 0 Å². The number of methoxy groups -OCH3 is 1. The average molecular weight is 391 g/mol. The number of likely N-dealkylation sites (tertiary alicyclic amines) is 1. The number of aliphatic hydroxyl groups excluding tert-OH is 1. The Balaban J connectivity index is 1.89. The second-order valence-corrected chi connectivity index (χ2v) is 7.18. The molecule has 2 aromatic carbocycles. The van der Waals surface area contributed by atoms with Gasteiger partial charge in [0.05, 0.1) is 13.2 Å². The van der Waals surface area contributed by atoms with Gasteiger partial charge < -0.3 is 14.9 Å². The molecular weight excluding hydrogens is 368 g/mol. The number of halogens is 2. The molecule has 2 N–H and O–H groups in total. The number of carboxylic acid groups (broad SMARTS) is 1. The Kier molecular flexibility index (Phi) is 5.96. The van der Waals surface area contributed by atoms with Crippen molar-refractivity contribution in [2.24, 2.45) is 5.41 Å². The number of hydrogen-bond donors (Lipinski definition) is 2. The van der Waals surface area contributed by atoms with Crippen molar-refractivity contribution in [1.82, 2.24) is 4.90 Å². The van der Waals surface area contributed by atoms with E-state index in [0.717, 1.165) is 11.6 Å². The molecule has 1 saturated heterocycles. The maximum atomic E-state index is 14.3. The maximum Gasteiger partial charge on any atom is 0.313 e. The van der Waals surface area contributed by atoms with Crippen LogP contribution < -0.4 is 4.74 Å². The maximum absolute atomic E-state index is 14.3. The highest BCUT2D eigenvalue weighted by molar-refractivity contribution is 5.76. The van der Waals surface area contributed by atoms with Crippen molar-refractivity contribution >= 4 is 5.97 Å². The van der Waals surface area contributed by atoms with Crippen molar-refractivity contribution in [1.29, 1.82) is 0 Å². The van der Waals surface area contributed by atoms with Crippen LogP contribution in [0.1, 0.15) is 17.5 Å². The van der Waals surface area contributed by atoms with Crippen LogP contribution in [0.3, 0.4) is 0 Å². The predicted molar refractivity (Wildman–Crippen MR) is 99.0 cm³/mol. The first-order valence-corrected chi connectivity index (χ1v) is 9.06. The first kappa shape index (κ1) is 20.2. The molecule has 1 fully saturated rings. The quantitative estimate of drug-likeness (QED) is 0.793. The van der Waals surface area contributed by atoms with Gasteiger partial charge in [-0.15, -0.1) is 0 Å². The number of aliphatic hydroxyl groups is 1. The van der Waals surface area contributed by atoms with E-state index < -0.39 is 29.1 Å². The normalized spacial score (nSPS) is 22.8. The van der Waals surface area contributed by atoms with Crippen molar-refractivity contribution in [3.8, 4) is 5.75 Å². The highest BCUT2D eigenvalue weighted by Gasteiger charge is 2.49. The summed E-state index contributed by atoms with van der Waals surface area (Å²) >= 11 is 0. The van der Waals surface area contributed by atoms with E-state index in [9.17, 15) is 23.8 Å². The van der Waals surface area contributed by atoms with Gasteiger partial charge in [-0.1, -0.05) is 30.3 Å². The minimum Gasteiger partial charge on any atom is -0.496 e. The van der Waals surface area contributed by atoms with Crippen LogP contribution in [-0.4, -0.2) is 47.4 Å². The number of piperidine rings is 1. The summed E-state index contributed by atoms with van der Waals surface area (Å²) in [7, 11) is 1.37. The van der Waals surface area contributed by atoms with Gasteiger partial charge in [0.2, 0.25) is 0 Å². The molecule has 1 heterocycles. The molecule has 0 unspecified atom stereocenters. The zero-order valence-corrected chi connectivity index (χ0v) is 15.6. The highest BCUT2D eigenvalue weighted by atomic mass is 19.2. The number of benzene rings is 2. The van der Waals surface area contributed by atoms with Crippen molar-refractivity contribution in [2.75, 3.05) is 20.2 Å². The third-order valence-corrected chi connectivity index (χ3v) is 5.41. The van der Waals surface area contributed by atoms with Crippen LogP contribution >= 0.6 is 0 Å². The molecule has 5 nitrogen and oxygen atoms in total. The zero-order chi connectivity index (χ0) is 20.3. The Morgan fingerprint density at radius 1 is 1.25 bits per heavy atom. The van der Waals surface area contributed by atoms with Crippen molar-refractivity contribution in [3.63, 3.8) is 0 Å². The van der Waals surface area contributed by atoms with Gasteiger partial charge >= 0.3 is 5.97 Å². The zero-order valence-electron chi connectivity index (χ0n) is 15.6. The predicted octanol–water partition coefficient (Wildman–Crippen LogP) is 2.85. The lowest BCUT2D eigenvalue weighted by atomic mass is 9.72. The fourth-order valence-corrected chi connectivity index (χ4v) is 3.86. The van der Waals surface area contributed by atoms with Crippen LogP contribution in [0.5, 0.6) is 5.75 Å². The Bertz CT molecular complexity index is 846. The van der Waals surface area contributed by atoms with Gasteiger partial charge in [-0.25, -0.2) is 8.78 Å². The first-order valence-electron chi connectivity index (χ1n) is 9.06. The molecule has 1 aliphatic heterocycles. The highest BCUT2D eigenvalue weighted by Crippen LogP contribution is 2.36. The first-order chi connectivity index (χ1) is 13.4. The lowest BCUT2D eigenvalue weighted by Gasteiger charge is -2.43. The topological polar surface area (TPSA) is 70.0 Å². The number of ether oxygens (including phenoxy) is 1. The largest absolute Gasteiger partial charge is 0.496 e. The van der Waals surface area contributed by atoms with E-state index in [1.54, 1.807) is 4.90 Å². The number of hydrogen-bond acceptors (Lipinski definition) is 4. The second-order valence-electron chi connectivity index (χ2n) is 7.18. The van der Waals surface area contributed by atoms with E-state index in [-0.39, 0.29) is 37.2 Å². The third-order valence-electron chi connectivity index (χ3n) is 5.41. The molecule has 150 valence electrons. The average Bonchev–Trinajstić information content (AvgIpc) is 2.69. The molecule has 0 bridgehead atoms. The van der Waals surface area contributed by atoms with Crippen LogP contribution in [0.15, 0.2) is 42.5 Å². The smallest absolute Gasteiger partial charge is 0.313 e. The Labute approximate surface area is 162 Å². The second kappa shape index (κ2) is 8.24. The third kappa shape index (κ3) is 3.86. The van der Waals surface area contributed by atoms with Gasteiger partial charge in [0, 0.05) is 25.2 Å². The lowest BCUT2D eigenvalue weighted by molar-refractivity contribution is -0.163. The van der Waals surface area contributed by atoms with Gasteiger partial charge in [0.15, 0.2) is 11.6 Å². The number of carbonyl (C=O) groups is 1. The monoisotopic (exact) mass is 391 g/mol. The molecule has 2 aromatic rings. The molecule has 0 aliphatic carbocycles. The van der Waals surface area contributed by atoms with E-state index >= 15 is 0 Å². The number of nitrogens with zero attached hydrogens (tertiary/aromatic N) is 1. The van der Waals surface area contributed by atoms with Crippen LogP contribution in [0.2, 0.25) is 0 Å². The van der Waals surface area contributed by atoms with E-state index in [0.29, 0.717) is 6.54 Å². The van der Waals surface area contributed by atoms with Gasteiger partial charge in [0.25, 0.3) is 0 Å². The molecule has 7 heteroatoms.